The highest BCUT2D eigenvalue weighted by Crippen LogP contribution is 2.28. The van der Waals surface area contributed by atoms with E-state index in [1.54, 1.807) is 18.3 Å². The van der Waals surface area contributed by atoms with Gasteiger partial charge in [-0.05, 0) is 47.9 Å². The number of phenols is 1. The summed E-state index contributed by atoms with van der Waals surface area (Å²) < 4.78 is 0. The molecule has 0 aliphatic rings. The van der Waals surface area contributed by atoms with Gasteiger partial charge in [0, 0.05) is 16.3 Å². The van der Waals surface area contributed by atoms with Crippen molar-refractivity contribution in [2.24, 2.45) is 0 Å². The average molecular weight is 312 g/mol. The first kappa shape index (κ1) is 14.4. The molecule has 1 N–H and O–H groups in total. The van der Waals surface area contributed by atoms with Gasteiger partial charge >= 0.3 is 0 Å². The summed E-state index contributed by atoms with van der Waals surface area (Å²) in [6.07, 6.45) is 2.67. The predicted octanol–water partition coefficient (Wildman–Crippen LogP) is 4.59. The van der Waals surface area contributed by atoms with E-state index in [1.165, 1.54) is 11.1 Å². The van der Waals surface area contributed by atoms with Gasteiger partial charge in [-0.15, -0.1) is 5.10 Å². The zero-order valence-electron chi connectivity index (χ0n) is 13.1. The van der Waals surface area contributed by atoms with E-state index in [0.717, 1.165) is 28.5 Å². The van der Waals surface area contributed by atoms with E-state index in [-0.39, 0.29) is 5.75 Å². The molecule has 3 aromatic carbocycles. The van der Waals surface area contributed by atoms with Gasteiger partial charge < -0.3 is 5.11 Å². The maximum absolute atomic E-state index is 9.49. The Hall–Kier alpha value is -3.20. The molecular formula is C21H16N2O. The zero-order chi connectivity index (χ0) is 16.4. The van der Waals surface area contributed by atoms with Crippen LogP contribution in [0.25, 0.3) is 22.0 Å². The van der Waals surface area contributed by atoms with E-state index in [1.807, 2.05) is 18.2 Å². The Labute approximate surface area is 140 Å². The highest BCUT2D eigenvalue weighted by molar-refractivity contribution is 5.94. The molecule has 1 aromatic heterocycles. The molecule has 24 heavy (non-hydrogen) atoms. The van der Waals surface area contributed by atoms with Gasteiger partial charge in [0.25, 0.3) is 0 Å². The molecule has 0 fully saturated rings. The molecule has 0 saturated heterocycles. The Kier molecular flexibility index (Phi) is 3.67. The van der Waals surface area contributed by atoms with Gasteiger partial charge in [-0.25, -0.2) is 0 Å². The number of aromatic nitrogens is 2. The standard InChI is InChI=1S/C21H16N2O/c24-19-10-8-17(9-11-19)21-20-13-16(6-7-18(20)14-22-23-21)12-15-4-2-1-3-5-15/h1-11,13-14,24H,12H2. The second kappa shape index (κ2) is 6.13. The van der Waals surface area contributed by atoms with Crippen molar-refractivity contribution in [3.8, 4) is 17.0 Å². The van der Waals surface area contributed by atoms with Gasteiger partial charge in [0.2, 0.25) is 0 Å². The SMILES string of the molecule is Oc1ccc(-c2nncc3ccc(Cc4ccccc4)cc23)cc1. The molecule has 0 radical (unpaired) electrons. The number of hydrogen-bond donors (Lipinski definition) is 1. The molecule has 0 atom stereocenters. The van der Waals surface area contributed by atoms with Crippen LogP contribution in [0.1, 0.15) is 11.1 Å². The first-order valence-electron chi connectivity index (χ1n) is 7.87. The molecule has 1 heterocycles. The number of benzene rings is 3. The van der Waals surface area contributed by atoms with Crippen molar-refractivity contribution in [2.45, 2.75) is 6.42 Å². The zero-order valence-corrected chi connectivity index (χ0v) is 13.1. The Bertz CT molecular complexity index is 980. The quantitative estimate of drug-likeness (QED) is 0.601. The van der Waals surface area contributed by atoms with Gasteiger partial charge in [0.1, 0.15) is 11.4 Å². The van der Waals surface area contributed by atoms with E-state index in [0.29, 0.717) is 0 Å². The Morgan fingerprint density at radius 1 is 0.792 bits per heavy atom. The Morgan fingerprint density at radius 2 is 1.58 bits per heavy atom. The van der Waals surface area contributed by atoms with Crippen LogP contribution in [0.5, 0.6) is 5.75 Å². The molecular weight excluding hydrogens is 296 g/mol. The van der Waals surface area contributed by atoms with E-state index in [2.05, 4.69) is 52.7 Å². The fraction of sp³-hybridized carbons (Fsp3) is 0.0476. The second-order valence-corrected chi connectivity index (χ2v) is 5.82. The number of phenolic OH excluding ortho intramolecular Hbond substituents is 1. The minimum atomic E-state index is 0.247. The summed E-state index contributed by atoms with van der Waals surface area (Å²) in [5.41, 5.74) is 4.30. The average Bonchev–Trinajstić information content (AvgIpc) is 2.63. The summed E-state index contributed by atoms with van der Waals surface area (Å²) in [4.78, 5) is 0. The van der Waals surface area contributed by atoms with Gasteiger partial charge in [-0.2, -0.15) is 5.10 Å². The molecule has 116 valence electrons. The number of hydrogen-bond acceptors (Lipinski definition) is 3. The van der Waals surface area contributed by atoms with Crippen LogP contribution in [0.4, 0.5) is 0 Å². The van der Waals surface area contributed by atoms with E-state index >= 15 is 0 Å². The maximum atomic E-state index is 9.49. The topological polar surface area (TPSA) is 46.0 Å². The van der Waals surface area contributed by atoms with E-state index in [9.17, 15) is 5.11 Å². The van der Waals surface area contributed by atoms with Crippen molar-refractivity contribution in [3.63, 3.8) is 0 Å². The van der Waals surface area contributed by atoms with Crippen LogP contribution in [0, 0.1) is 0 Å². The van der Waals surface area contributed by atoms with Crippen molar-refractivity contribution < 1.29 is 5.11 Å². The fourth-order valence-corrected chi connectivity index (χ4v) is 2.90. The third kappa shape index (κ3) is 2.84. The predicted molar refractivity (Wildman–Crippen MR) is 95.9 cm³/mol. The van der Waals surface area contributed by atoms with Crippen molar-refractivity contribution in [2.75, 3.05) is 0 Å². The maximum Gasteiger partial charge on any atom is 0.115 e. The number of aromatic hydroxyl groups is 1. The lowest BCUT2D eigenvalue weighted by Gasteiger charge is -2.08. The van der Waals surface area contributed by atoms with Crippen LogP contribution in [0.3, 0.4) is 0 Å². The molecule has 0 amide bonds. The molecule has 3 heteroatoms. The van der Waals surface area contributed by atoms with Crippen molar-refractivity contribution in [1.82, 2.24) is 10.2 Å². The normalized spacial score (nSPS) is 10.8. The lowest BCUT2D eigenvalue weighted by molar-refractivity contribution is 0.475. The lowest BCUT2D eigenvalue weighted by Crippen LogP contribution is -1.92. The van der Waals surface area contributed by atoms with Crippen molar-refractivity contribution >= 4 is 10.8 Å². The van der Waals surface area contributed by atoms with Crippen LogP contribution in [0.2, 0.25) is 0 Å². The van der Waals surface area contributed by atoms with Crippen molar-refractivity contribution in [3.05, 3.63) is 90.1 Å². The number of nitrogens with zero attached hydrogens (tertiary/aromatic N) is 2. The van der Waals surface area contributed by atoms with Crippen LogP contribution >= 0.6 is 0 Å². The second-order valence-electron chi connectivity index (χ2n) is 5.82. The van der Waals surface area contributed by atoms with Gasteiger partial charge in [0.05, 0.1) is 6.20 Å². The highest BCUT2D eigenvalue weighted by atomic mass is 16.3. The first-order valence-corrected chi connectivity index (χ1v) is 7.87. The Balaban J connectivity index is 1.80. The first-order chi connectivity index (χ1) is 11.8. The summed E-state index contributed by atoms with van der Waals surface area (Å²) >= 11 is 0. The molecule has 0 aliphatic carbocycles. The van der Waals surface area contributed by atoms with Crippen LogP contribution in [-0.4, -0.2) is 15.3 Å². The summed E-state index contributed by atoms with van der Waals surface area (Å²) in [5.74, 6) is 0.247. The summed E-state index contributed by atoms with van der Waals surface area (Å²) in [6.45, 7) is 0. The minimum absolute atomic E-state index is 0.247. The fourth-order valence-electron chi connectivity index (χ4n) is 2.90. The van der Waals surface area contributed by atoms with Gasteiger partial charge in [-0.3, -0.25) is 0 Å². The van der Waals surface area contributed by atoms with Gasteiger partial charge in [0.15, 0.2) is 0 Å². The Morgan fingerprint density at radius 3 is 2.38 bits per heavy atom. The molecule has 0 bridgehead atoms. The largest absolute Gasteiger partial charge is 0.508 e. The molecule has 3 nitrogen and oxygen atoms in total. The van der Waals surface area contributed by atoms with Crippen LogP contribution in [-0.2, 0) is 6.42 Å². The number of fused-ring (bicyclic) bond motifs is 1. The molecule has 4 aromatic rings. The third-order valence-corrected chi connectivity index (χ3v) is 4.12. The van der Waals surface area contributed by atoms with Crippen molar-refractivity contribution in [1.29, 1.82) is 0 Å². The third-order valence-electron chi connectivity index (χ3n) is 4.12. The van der Waals surface area contributed by atoms with Gasteiger partial charge in [-0.1, -0.05) is 42.5 Å². The monoisotopic (exact) mass is 312 g/mol. The minimum Gasteiger partial charge on any atom is -0.508 e. The molecule has 0 spiro atoms. The lowest BCUT2D eigenvalue weighted by atomic mass is 9.99. The summed E-state index contributed by atoms with van der Waals surface area (Å²) in [5, 5.41) is 20.1. The summed E-state index contributed by atoms with van der Waals surface area (Å²) in [7, 11) is 0. The number of rotatable bonds is 3. The van der Waals surface area contributed by atoms with E-state index < -0.39 is 0 Å². The molecule has 0 unspecified atom stereocenters. The highest BCUT2D eigenvalue weighted by Gasteiger charge is 2.08. The molecule has 0 aliphatic heterocycles. The van der Waals surface area contributed by atoms with E-state index in [4.69, 9.17) is 0 Å². The summed E-state index contributed by atoms with van der Waals surface area (Å²) in [6, 6.07) is 23.9. The molecule has 0 saturated carbocycles. The van der Waals surface area contributed by atoms with Crippen LogP contribution in [0.15, 0.2) is 79.0 Å². The molecule has 4 rings (SSSR count). The smallest absolute Gasteiger partial charge is 0.115 e. The van der Waals surface area contributed by atoms with Crippen LogP contribution < -0.4 is 0 Å².